The number of carbonyl (C=O) groups is 2. The van der Waals surface area contributed by atoms with Crippen molar-refractivity contribution in [2.45, 2.75) is 18.9 Å². The zero-order valence-electron chi connectivity index (χ0n) is 14.2. The topological polar surface area (TPSA) is 61.9 Å². The van der Waals surface area contributed by atoms with Gasteiger partial charge in [-0.2, -0.15) is 0 Å². The van der Waals surface area contributed by atoms with Gasteiger partial charge in [0.2, 0.25) is 5.91 Å². The Bertz CT molecular complexity index is 619. The van der Waals surface area contributed by atoms with E-state index in [4.69, 9.17) is 4.74 Å². The molecule has 2 saturated heterocycles. The van der Waals surface area contributed by atoms with Crippen LogP contribution >= 0.6 is 0 Å². The first kappa shape index (κ1) is 17.8. The predicted octanol–water partition coefficient (Wildman–Crippen LogP) is 0.879. The van der Waals surface area contributed by atoms with Crippen LogP contribution < -0.4 is 5.32 Å². The van der Waals surface area contributed by atoms with Crippen LogP contribution in [0.2, 0.25) is 0 Å². The van der Waals surface area contributed by atoms with Crippen molar-refractivity contribution in [1.82, 2.24) is 15.1 Å². The molecule has 0 unspecified atom stereocenters. The molecule has 0 aromatic heterocycles. The molecule has 0 bridgehead atoms. The molecule has 1 N–H and O–H groups in total. The van der Waals surface area contributed by atoms with Crippen molar-refractivity contribution < 1.29 is 18.7 Å². The average molecular weight is 349 g/mol. The zero-order valence-corrected chi connectivity index (χ0v) is 14.2. The van der Waals surface area contributed by atoms with Crippen molar-refractivity contribution in [3.05, 3.63) is 35.6 Å². The number of carbonyl (C=O) groups excluding carboxylic acids is 2. The molecule has 2 aliphatic heterocycles. The van der Waals surface area contributed by atoms with Crippen LogP contribution in [0.25, 0.3) is 0 Å². The number of nitrogens with zero attached hydrogens (tertiary/aromatic N) is 2. The highest BCUT2D eigenvalue weighted by Crippen LogP contribution is 2.19. The van der Waals surface area contributed by atoms with Gasteiger partial charge in [-0.3, -0.25) is 14.5 Å². The maximum atomic E-state index is 13.2. The Balaban J connectivity index is 1.50. The van der Waals surface area contributed by atoms with Crippen molar-refractivity contribution in [2.75, 3.05) is 45.9 Å². The maximum Gasteiger partial charge on any atom is 0.251 e. The lowest BCUT2D eigenvalue weighted by molar-refractivity contribution is -0.131. The molecule has 136 valence electrons. The number of amides is 2. The third-order valence-electron chi connectivity index (χ3n) is 4.76. The minimum Gasteiger partial charge on any atom is -0.379 e. The van der Waals surface area contributed by atoms with E-state index in [2.05, 4.69) is 10.2 Å². The van der Waals surface area contributed by atoms with Crippen molar-refractivity contribution >= 4 is 11.8 Å². The number of likely N-dealkylation sites (tertiary alicyclic amines) is 1. The SMILES string of the molecule is O=C(NCC(=O)N1CCC[C@H]1CN1CCOCC1)c1cccc(F)c1. The third-order valence-corrected chi connectivity index (χ3v) is 4.76. The molecule has 0 saturated carbocycles. The average Bonchev–Trinajstić information content (AvgIpc) is 3.08. The van der Waals surface area contributed by atoms with Crippen molar-refractivity contribution in [3.63, 3.8) is 0 Å². The van der Waals surface area contributed by atoms with Crippen LogP contribution in [0.3, 0.4) is 0 Å². The van der Waals surface area contributed by atoms with E-state index in [9.17, 15) is 14.0 Å². The summed E-state index contributed by atoms with van der Waals surface area (Å²) in [4.78, 5) is 28.7. The predicted molar refractivity (Wildman–Crippen MR) is 90.7 cm³/mol. The number of morpholine rings is 1. The van der Waals surface area contributed by atoms with Crippen LogP contribution in [-0.2, 0) is 9.53 Å². The van der Waals surface area contributed by atoms with Gasteiger partial charge in [0.15, 0.2) is 0 Å². The second-order valence-electron chi connectivity index (χ2n) is 6.49. The van der Waals surface area contributed by atoms with E-state index < -0.39 is 11.7 Å². The van der Waals surface area contributed by atoms with Gasteiger partial charge in [0.25, 0.3) is 5.91 Å². The van der Waals surface area contributed by atoms with Gasteiger partial charge in [-0.25, -0.2) is 4.39 Å². The zero-order chi connectivity index (χ0) is 17.6. The Kier molecular flexibility index (Phi) is 5.99. The molecule has 1 aromatic rings. The fourth-order valence-electron chi connectivity index (χ4n) is 3.42. The van der Waals surface area contributed by atoms with Crippen LogP contribution in [0, 0.1) is 5.82 Å². The summed E-state index contributed by atoms with van der Waals surface area (Å²) >= 11 is 0. The summed E-state index contributed by atoms with van der Waals surface area (Å²) in [7, 11) is 0. The van der Waals surface area contributed by atoms with Crippen LogP contribution in [0.5, 0.6) is 0 Å². The number of nitrogens with one attached hydrogen (secondary N) is 1. The number of ether oxygens (including phenoxy) is 1. The van der Waals surface area contributed by atoms with Crippen molar-refractivity contribution in [2.24, 2.45) is 0 Å². The van der Waals surface area contributed by atoms with Gasteiger partial charge in [0, 0.05) is 37.8 Å². The minimum absolute atomic E-state index is 0.0606. The van der Waals surface area contributed by atoms with Gasteiger partial charge in [0.1, 0.15) is 5.82 Å². The highest BCUT2D eigenvalue weighted by molar-refractivity contribution is 5.96. The number of hydrogen-bond acceptors (Lipinski definition) is 4. The molecule has 7 heteroatoms. The molecule has 0 radical (unpaired) electrons. The summed E-state index contributed by atoms with van der Waals surface area (Å²) < 4.78 is 18.5. The molecule has 25 heavy (non-hydrogen) atoms. The normalized spacial score (nSPS) is 21.3. The largest absolute Gasteiger partial charge is 0.379 e. The molecule has 0 aliphatic carbocycles. The molecule has 2 heterocycles. The molecule has 1 aromatic carbocycles. The Morgan fingerprint density at radius 2 is 2.04 bits per heavy atom. The highest BCUT2D eigenvalue weighted by atomic mass is 19.1. The van der Waals surface area contributed by atoms with Gasteiger partial charge >= 0.3 is 0 Å². The number of benzene rings is 1. The van der Waals surface area contributed by atoms with Crippen molar-refractivity contribution in [3.8, 4) is 0 Å². The van der Waals surface area contributed by atoms with E-state index in [-0.39, 0.29) is 24.1 Å². The summed E-state index contributed by atoms with van der Waals surface area (Å²) in [5.41, 5.74) is 0.221. The van der Waals surface area contributed by atoms with E-state index in [1.807, 2.05) is 4.90 Å². The summed E-state index contributed by atoms with van der Waals surface area (Å²) in [6.45, 7) is 4.80. The highest BCUT2D eigenvalue weighted by Gasteiger charge is 2.30. The Labute approximate surface area is 146 Å². The van der Waals surface area contributed by atoms with Crippen LogP contribution in [-0.4, -0.2) is 73.6 Å². The van der Waals surface area contributed by atoms with Gasteiger partial charge in [0.05, 0.1) is 19.8 Å². The van der Waals surface area contributed by atoms with E-state index >= 15 is 0 Å². The Hall–Kier alpha value is -1.99. The van der Waals surface area contributed by atoms with E-state index in [0.717, 1.165) is 58.3 Å². The number of hydrogen-bond donors (Lipinski definition) is 1. The lowest BCUT2D eigenvalue weighted by Crippen LogP contribution is -2.49. The molecular weight excluding hydrogens is 325 g/mol. The summed E-state index contributed by atoms with van der Waals surface area (Å²) in [5, 5.41) is 2.60. The Morgan fingerprint density at radius 3 is 2.80 bits per heavy atom. The fraction of sp³-hybridized carbons (Fsp3) is 0.556. The first-order valence-electron chi connectivity index (χ1n) is 8.77. The molecule has 2 aliphatic rings. The fourth-order valence-corrected chi connectivity index (χ4v) is 3.42. The van der Waals surface area contributed by atoms with Crippen LogP contribution in [0.4, 0.5) is 4.39 Å². The second-order valence-corrected chi connectivity index (χ2v) is 6.49. The quantitative estimate of drug-likeness (QED) is 0.857. The molecular formula is C18H24FN3O3. The van der Waals surface area contributed by atoms with E-state index in [1.54, 1.807) is 0 Å². The molecule has 2 amide bonds. The van der Waals surface area contributed by atoms with E-state index in [1.165, 1.54) is 18.2 Å². The van der Waals surface area contributed by atoms with Gasteiger partial charge in [-0.05, 0) is 31.0 Å². The molecule has 3 rings (SSSR count). The summed E-state index contributed by atoms with van der Waals surface area (Å²) in [6, 6.07) is 5.64. The van der Waals surface area contributed by atoms with Gasteiger partial charge in [-0.15, -0.1) is 0 Å². The lowest BCUT2D eigenvalue weighted by atomic mass is 10.2. The summed E-state index contributed by atoms with van der Waals surface area (Å²) in [6.07, 6.45) is 1.97. The third kappa shape index (κ3) is 4.76. The van der Waals surface area contributed by atoms with E-state index in [0.29, 0.717) is 0 Å². The first-order chi connectivity index (χ1) is 12.1. The second kappa shape index (κ2) is 8.40. The first-order valence-corrected chi connectivity index (χ1v) is 8.77. The standard InChI is InChI=1S/C18H24FN3O3/c19-15-4-1-3-14(11-15)18(24)20-12-17(23)22-6-2-5-16(22)13-21-7-9-25-10-8-21/h1,3-4,11,16H,2,5-10,12-13H2,(H,20,24)/t16-/m0/s1. The number of halogens is 1. The molecule has 0 spiro atoms. The molecule has 1 atom stereocenters. The molecule has 6 nitrogen and oxygen atoms in total. The monoisotopic (exact) mass is 349 g/mol. The molecule has 2 fully saturated rings. The van der Waals surface area contributed by atoms with Gasteiger partial charge in [-0.1, -0.05) is 6.07 Å². The van der Waals surface area contributed by atoms with Crippen LogP contribution in [0.1, 0.15) is 23.2 Å². The van der Waals surface area contributed by atoms with Crippen molar-refractivity contribution in [1.29, 1.82) is 0 Å². The number of rotatable bonds is 5. The summed E-state index contributed by atoms with van der Waals surface area (Å²) in [5.74, 6) is -0.985. The maximum absolute atomic E-state index is 13.2. The minimum atomic E-state index is -0.468. The smallest absolute Gasteiger partial charge is 0.251 e. The Morgan fingerprint density at radius 1 is 1.24 bits per heavy atom. The lowest BCUT2D eigenvalue weighted by Gasteiger charge is -2.33. The van der Waals surface area contributed by atoms with Gasteiger partial charge < -0.3 is 15.0 Å². The van der Waals surface area contributed by atoms with Crippen LogP contribution in [0.15, 0.2) is 24.3 Å².